The Morgan fingerprint density at radius 3 is 2.45 bits per heavy atom. The van der Waals surface area contributed by atoms with Crippen LogP contribution in [0.4, 0.5) is 10.5 Å². The SMILES string of the molecule is CCC(O)CCNC(=O)NCc1ccc(N(C)C)cc1. The van der Waals surface area contributed by atoms with Gasteiger partial charge < -0.3 is 20.6 Å². The van der Waals surface area contributed by atoms with Gasteiger partial charge in [-0.05, 0) is 30.5 Å². The minimum absolute atomic E-state index is 0.204. The van der Waals surface area contributed by atoms with Gasteiger partial charge in [0, 0.05) is 32.9 Å². The molecule has 0 spiro atoms. The molecule has 1 aromatic rings. The summed E-state index contributed by atoms with van der Waals surface area (Å²) in [6.45, 7) is 2.90. The maximum Gasteiger partial charge on any atom is 0.315 e. The van der Waals surface area contributed by atoms with Crippen LogP contribution in [0.15, 0.2) is 24.3 Å². The van der Waals surface area contributed by atoms with Crippen molar-refractivity contribution in [1.82, 2.24) is 10.6 Å². The number of carbonyl (C=O) groups is 1. The molecule has 2 amide bonds. The van der Waals surface area contributed by atoms with E-state index in [0.29, 0.717) is 25.9 Å². The van der Waals surface area contributed by atoms with Gasteiger partial charge in [0.25, 0.3) is 0 Å². The second-order valence-electron chi connectivity index (χ2n) is 5.02. The van der Waals surface area contributed by atoms with E-state index in [-0.39, 0.29) is 12.1 Å². The van der Waals surface area contributed by atoms with Crippen molar-refractivity contribution in [3.8, 4) is 0 Å². The third kappa shape index (κ3) is 5.93. The van der Waals surface area contributed by atoms with Gasteiger partial charge >= 0.3 is 6.03 Å². The number of nitrogens with zero attached hydrogens (tertiary/aromatic N) is 1. The highest BCUT2D eigenvalue weighted by Gasteiger charge is 2.03. The highest BCUT2D eigenvalue weighted by molar-refractivity contribution is 5.73. The van der Waals surface area contributed by atoms with E-state index in [0.717, 1.165) is 11.3 Å². The predicted molar refractivity (Wildman–Crippen MR) is 81.9 cm³/mol. The maximum absolute atomic E-state index is 11.5. The first-order chi connectivity index (χ1) is 9.52. The van der Waals surface area contributed by atoms with Crippen LogP contribution in [0.2, 0.25) is 0 Å². The lowest BCUT2D eigenvalue weighted by molar-refractivity contribution is 0.160. The average Bonchev–Trinajstić information content (AvgIpc) is 2.45. The van der Waals surface area contributed by atoms with E-state index in [4.69, 9.17) is 0 Å². The van der Waals surface area contributed by atoms with Crippen LogP contribution in [0, 0.1) is 0 Å². The van der Waals surface area contributed by atoms with Gasteiger partial charge in [-0.2, -0.15) is 0 Å². The predicted octanol–water partition coefficient (Wildman–Crippen LogP) is 1.71. The Labute approximate surface area is 121 Å². The number of benzene rings is 1. The molecule has 0 aliphatic carbocycles. The molecule has 1 atom stereocenters. The third-order valence-corrected chi connectivity index (χ3v) is 3.14. The fourth-order valence-corrected chi connectivity index (χ4v) is 1.71. The topological polar surface area (TPSA) is 64.6 Å². The Kier molecular flexibility index (Phi) is 6.87. The van der Waals surface area contributed by atoms with Gasteiger partial charge in [0.2, 0.25) is 0 Å². The molecule has 0 bridgehead atoms. The van der Waals surface area contributed by atoms with Crippen LogP contribution in [0.3, 0.4) is 0 Å². The number of aliphatic hydroxyl groups is 1. The smallest absolute Gasteiger partial charge is 0.315 e. The highest BCUT2D eigenvalue weighted by atomic mass is 16.3. The first-order valence-electron chi connectivity index (χ1n) is 6.99. The Balaban J connectivity index is 2.27. The van der Waals surface area contributed by atoms with E-state index in [9.17, 15) is 9.90 Å². The van der Waals surface area contributed by atoms with E-state index < -0.39 is 0 Å². The number of hydrogen-bond donors (Lipinski definition) is 3. The standard InChI is InChI=1S/C15H25N3O2/c1-4-14(19)9-10-16-15(20)17-11-12-5-7-13(8-6-12)18(2)3/h5-8,14,19H,4,9-11H2,1-3H3,(H2,16,17,20). The van der Waals surface area contributed by atoms with Gasteiger partial charge in [-0.1, -0.05) is 19.1 Å². The van der Waals surface area contributed by atoms with Crippen molar-refractivity contribution in [3.05, 3.63) is 29.8 Å². The lowest BCUT2D eigenvalue weighted by atomic mass is 10.2. The Hall–Kier alpha value is -1.75. The van der Waals surface area contributed by atoms with E-state index in [1.165, 1.54) is 0 Å². The summed E-state index contributed by atoms with van der Waals surface area (Å²) in [5, 5.41) is 14.9. The molecule has 0 radical (unpaired) electrons. The summed E-state index contributed by atoms with van der Waals surface area (Å²) in [6, 6.07) is 7.83. The van der Waals surface area contributed by atoms with Gasteiger partial charge in [0.15, 0.2) is 0 Å². The molecular formula is C15H25N3O2. The van der Waals surface area contributed by atoms with Crippen LogP contribution in [0.1, 0.15) is 25.3 Å². The Morgan fingerprint density at radius 1 is 1.25 bits per heavy atom. The first-order valence-corrected chi connectivity index (χ1v) is 6.99. The van der Waals surface area contributed by atoms with Crippen molar-refractivity contribution in [2.24, 2.45) is 0 Å². The Bertz CT molecular complexity index is 404. The van der Waals surface area contributed by atoms with Gasteiger partial charge in [0.05, 0.1) is 6.10 Å². The number of hydrogen-bond acceptors (Lipinski definition) is 3. The third-order valence-electron chi connectivity index (χ3n) is 3.14. The van der Waals surface area contributed by atoms with Crippen LogP contribution in [0.25, 0.3) is 0 Å². The molecule has 1 aromatic carbocycles. The lowest BCUT2D eigenvalue weighted by Gasteiger charge is -2.13. The van der Waals surface area contributed by atoms with Crippen LogP contribution in [-0.4, -0.2) is 37.9 Å². The summed E-state index contributed by atoms with van der Waals surface area (Å²) >= 11 is 0. The van der Waals surface area contributed by atoms with Crippen molar-refractivity contribution in [1.29, 1.82) is 0 Å². The quantitative estimate of drug-likeness (QED) is 0.712. The molecular weight excluding hydrogens is 254 g/mol. The zero-order valence-electron chi connectivity index (χ0n) is 12.5. The van der Waals surface area contributed by atoms with Crippen molar-refractivity contribution in [2.75, 3.05) is 25.5 Å². The Morgan fingerprint density at radius 2 is 1.90 bits per heavy atom. The average molecular weight is 279 g/mol. The molecule has 0 heterocycles. The molecule has 5 nitrogen and oxygen atoms in total. The zero-order chi connectivity index (χ0) is 15.0. The van der Waals surface area contributed by atoms with Crippen LogP contribution < -0.4 is 15.5 Å². The van der Waals surface area contributed by atoms with Gasteiger partial charge in [-0.25, -0.2) is 4.79 Å². The molecule has 1 unspecified atom stereocenters. The fraction of sp³-hybridized carbons (Fsp3) is 0.533. The zero-order valence-corrected chi connectivity index (χ0v) is 12.5. The van der Waals surface area contributed by atoms with E-state index in [1.54, 1.807) is 0 Å². The summed E-state index contributed by atoms with van der Waals surface area (Å²) in [5.41, 5.74) is 2.19. The van der Waals surface area contributed by atoms with Crippen LogP contribution in [0.5, 0.6) is 0 Å². The van der Waals surface area contributed by atoms with Crippen LogP contribution in [-0.2, 0) is 6.54 Å². The summed E-state index contributed by atoms with van der Waals surface area (Å²) in [5.74, 6) is 0. The van der Waals surface area contributed by atoms with Crippen LogP contribution >= 0.6 is 0 Å². The molecule has 20 heavy (non-hydrogen) atoms. The van der Waals surface area contributed by atoms with Crippen molar-refractivity contribution < 1.29 is 9.90 Å². The van der Waals surface area contributed by atoms with Crippen molar-refractivity contribution in [2.45, 2.75) is 32.4 Å². The second-order valence-corrected chi connectivity index (χ2v) is 5.02. The molecule has 1 rings (SSSR count). The number of urea groups is 1. The minimum atomic E-state index is -0.339. The molecule has 0 aromatic heterocycles. The molecule has 0 saturated heterocycles. The van der Waals surface area contributed by atoms with Gasteiger partial charge in [-0.3, -0.25) is 0 Å². The highest BCUT2D eigenvalue weighted by Crippen LogP contribution is 2.11. The number of nitrogens with one attached hydrogen (secondary N) is 2. The van der Waals surface area contributed by atoms with Gasteiger partial charge in [0.1, 0.15) is 0 Å². The number of anilines is 1. The van der Waals surface area contributed by atoms with Gasteiger partial charge in [-0.15, -0.1) is 0 Å². The largest absolute Gasteiger partial charge is 0.393 e. The molecule has 0 saturated carbocycles. The summed E-state index contributed by atoms with van der Waals surface area (Å²) < 4.78 is 0. The van der Waals surface area contributed by atoms with E-state index in [1.807, 2.05) is 50.2 Å². The number of aliphatic hydroxyl groups excluding tert-OH is 1. The summed E-state index contributed by atoms with van der Waals surface area (Å²) in [6.07, 6.45) is 0.956. The number of rotatable bonds is 7. The fourth-order valence-electron chi connectivity index (χ4n) is 1.71. The van der Waals surface area contributed by atoms with Crippen molar-refractivity contribution >= 4 is 11.7 Å². The molecule has 5 heteroatoms. The maximum atomic E-state index is 11.5. The lowest BCUT2D eigenvalue weighted by Crippen LogP contribution is -2.36. The molecule has 3 N–H and O–H groups in total. The molecule has 0 aliphatic rings. The molecule has 0 fully saturated rings. The van der Waals surface area contributed by atoms with E-state index in [2.05, 4.69) is 10.6 Å². The minimum Gasteiger partial charge on any atom is -0.393 e. The molecule has 112 valence electrons. The molecule has 0 aliphatic heterocycles. The first kappa shape index (κ1) is 16.3. The van der Waals surface area contributed by atoms with Crippen molar-refractivity contribution in [3.63, 3.8) is 0 Å². The summed E-state index contributed by atoms with van der Waals surface area (Å²) in [4.78, 5) is 13.6. The second kappa shape index (κ2) is 8.43. The normalized spacial score (nSPS) is 11.8. The number of carbonyl (C=O) groups excluding carboxylic acids is 1. The summed E-state index contributed by atoms with van der Waals surface area (Å²) in [7, 11) is 3.98. The van der Waals surface area contributed by atoms with E-state index >= 15 is 0 Å². The monoisotopic (exact) mass is 279 g/mol. The number of amides is 2.